The van der Waals surface area contributed by atoms with E-state index >= 15 is 0 Å². The molecule has 2 aromatic rings. The van der Waals surface area contributed by atoms with Gasteiger partial charge in [-0.25, -0.2) is 5.84 Å². The first-order valence-corrected chi connectivity index (χ1v) is 12.6. The molecule has 2 unspecified atom stereocenters. The van der Waals surface area contributed by atoms with Gasteiger partial charge in [-0.1, -0.05) is 25.1 Å². The minimum absolute atomic E-state index is 0.171. The van der Waals surface area contributed by atoms with Crippen molar-refractivity contribution in [2.24, 2.45) is 17.5 Å². The van der Waals surface area contributed by atoms with E-state index in [0.29, 0.717) is 25.1 Å². The van der Waals surface area contributed by atoms with E-state index in [0.717, 1.165) is 36.5 Å². The fourth-order valence-electron chi connectivity index (χ4n) is 4.81. The third kappa shape index (κ3) is 7.21. The van der Waals surface area contributed by atoms with Crippen LogP contribution in [0.5, 0.6) is 5.75 Å². The molecular formula is C28H41N5O3. The van der Waals surface area contributed by atoms with Gasteiger partial charge < -0.3 is 20.6 Å². The van der Waals surface area contributed by atoms with Crippen LogP contribution in [0.15, 0.2) is 48.6 Å². The van der Waals surface area contributed by atoms with Crippen LogP contribution in [0, 0.1) is 12.8 Å². The second-order valence-electron chi connectivity index (χ2n) is 10.5. The summed E-state index contributed by atoms with van der Waals surface area (Å²) in [4.78, 5) is 18.6. The second-order valence-corrected chi connectivity index (χ2v) is 10.5. The summed E-state index contributed by atoms with van der Waals surface area (Å²) in [7, 11) is 0. The van der Waals surface area contributed by atoms with E-state index in [1.54, 1.807) is 19.3 Å². The second kappa shape index (κ2) is 11.8. The first kappa shape index (κ1) is 27.5. The lowest BCUT2D eigenvalue weighted by molar-refractivity contribution is -0.142. The molecule has 0 amide bonds. The van der Waals surface area contributed by atoms with Gasteiger partial charge >= 0.3 is 5.97 Å². The summed E-state index contributed by atoms with van der Waals surface area (Å²) in [6.45, 7) is 12.9. The van der Waals surface area contributed by atoms with Crippen LogP contribution in [0.2, 0.25) is 0 Å². The molecule has 3 rings (SSSR count). The predicted molar refractivity (Wildman–Crippen MR) is 142 cm³/mol. The zero-order valence-electron chi connectivity index (χ0n) is 22.2. The normalized spacial score (nSPS) is 17.4. The topological polar surface area (TPSA) is 118 Å². The van der Waals surface area contributed by atoms with Gasteiger partial charge in [0.15, 0.2) is 0 Å². The van der Waals surface area contributed by atoms with Crippen molar-refractivity contribution in [3.05, 3.63) is 70.8 Å². The van der Waals surface area contributed by atoms with Crippen molar-refractivity contribution in [1.29, 1.82) is 0 Å². The Morgan fingerprint density at radius 2 is 2.11 bits per heavy atom. The van der Waals surface area contributed by atoms with Crippen LogP contribution >= 0.6 is 0 Å². The van der Waals surface area contributed by atoms with Gasteiger partial charge in [0.2, 0.25) is 0 Å². The van der Waals surface area contributed by atoms with Crippen molar-refractivity contribution in [2.45, 2.75) is 72.1 Å². The van der Waals surface area contributed by atoms with Gasteiger partial charge in [0.1, 0.15) is 11.4 Å². The standard InChI is InChI=1S/C28H41N5O3/c1-6-33(30)17-24(29)9-10-25(20(3)27(34)35)21-8-7-19(2)22(13-21)15-32-16-23-14-31-12-11-26(23)36-28(4,5)18-32/h7-8,11-14,17,20,25H,6,9-10,15-16,18,29-30H2,1-5H3,(H,34,35)/b24-17-. The van der Waals surface area contributed by atoms with Crippen molar-refractivity contribution >= 4 is 5.97 Å². The zero-order valence-corrected chi connectivity index (χ0v) is 22.2. The molecule has 0 saturated heterocycles. The highest BCUT2D eigenvalue weighted by molar-refractivity contribution is 5.71. The molecule has 1 aliphatic heterocycles. The molecule has 1 aromatic heterocycles. The first-order valence-electron chi connectivity index (χ1n) is 12.6. The number of hydrogen-bond donors (Lipinski definition) is 3. The summed E-state index contributed by atoms with van der Waals surface area (Å²) in [5, 5.41) is 11.4. The number of allylic oxidation sites excluding steroid dienone is 1. The molecule has 8 heteroatoms. The van der Waals surface area contributed by atoms with Crippen LogP contribution in [-0.4, -0.2) is 44.7 Å². The number of carbonyl (C=O) groups is 1. The summed E-state index contributed by atoms with van der Waals surface area (Å²) >= 11 is 0. The lowest BCUT2D eigenvalue weighted by Gasteiger charge is -2.30. The molecule has 1 aliphatic rings. The van der Waals surface area contributed by atoms with E-state index in [2.05, 4.69) is 48.9 Å². The number of carboxylic acid groups (broad SMARTS) is 1. The number of benzene rings is 1. The third-order valence-electron chi connectivity index (χ3n) is 6.87. The number of pyridine rings is 1. The number of aryl methyl sites for hydroxylation is 1. The number of aliphatic carboxylic acids is 1. The summed E-state index contributed by atoms with van der Waals surface area (Å²) in [6, 6.07) is 8.25. The van der Waals surface area contributed by atoms with Crippen molar-refractivity contribution in [3.63, 3.8) is 0 Å². The Morgan fingerprint density at radius 1 is 1.36 bits per heavy atom. The Labute approximate surface area is 214 Å². The van der Waals surface area contributed by atoms with Gasteiger partial charge in [-0.2, -0.15) is 0 Å². The minimum atomic E-state index is -0.811. The van der Waals surface area contributed by atoms with Crippen LogP contribution < -0.4 is 16.3 Å². The van der Waals surface area contributed by atoms with Gasteiger partial charge in [-0.15, -0.1) is 0 Å². The number of fused-ring (bicyclic) bond motifs is 1. The third-order valence-corrected chi connectivity index (χ3v) is 6.87. The monoisotopic (exact) mass is 495 g/mol. The summed E-state index contributed by atoms with van der Waals surface area (Å²) in [6.07, 6.45) is 6.55. The molecule has 196 valence electrons. The molecule has 5 N–H and O–H groups in total. The molecule has 36 heavy (non-hydrogen) atoms. The molecule has 0 aliphatic carbocycles. The van der Waals surface area contributed by atoms with E-state index < -0.39 is 11.9 Å². The molecule has 0 spiro atoms. The maximum Gasteiger partial charge on any atom is 0.306 e. The fraction of sp³-hybridized carbons (Fsp3) is 0.500. The number of aromatic nitrogens is 1. The number of nitrogens with zero attached hydrogens (tertiary/aromatic N) is 3. The van der Waals surface area contributed by atoms with Crippen LogP contribution in [0.1, 0.15) is 68.7 Å². The highest BCUT2D eigenvalue weighted by Gasteiger charge is 2.30. The highest BCUT2D eigenvalue weighted by atomic mass is 16.5. The van der Waals surface area contributed by atoms with E-state index in [1.807, 2.05) is 19.2 Å². The number of hydrazine groups is 1. The van der Waals surface area contributed by atoms with Crippen LogP contribution in [0.4, 0.5) is 0 Å². The maximum absolute atomic E-state index is 12.0. The van der Waals surface area contributed by atoms with Crippen molar-refractivity contribution in [2.75, 3.05) is 13.1 Å². The molecule has 2 atom stereocenters. The summed E-state index contributed by atoms with van der Waals surface area (Å²) < 4.78 is 6.28. The van der Waals surface area contributed by atoms with E-state index in [1.165, 1.54) is 16.1 Å². The largest absolute Gasteiger partial charge is 0.486 e. The van der Waals surface area contributed by atoms with Crippen LogP contribution in [0.25, 0.3) is 0 Å². The van der Waals surface area contributed by atoms with E-state index in [4.69, 9.17) is 16.3 Å². The number of carboxylic acids is 1. The van der Waals surface area contributed by atoms with Crippen molar-refractivity contribution in [1.82, 2.24) is 14.9 Å². The zero-order chi connectivity index (χ0) is 26.5. The fourth-order valence-corrected chi connectivity index (χ4v) is 4.81. The molecule has 2 heterocycles. The van der Waals surface area contributed by atoms with Crippen molar-refractivity contribution in [3.8, 4) is 5.75 Å². The molecule has 0 saturated carbocycles. The van der Waals surface area contributed by atoms with Gasteiger partial charge in [-0.05, 0) is 69.2 Å². The molecule has 0 radical (unpaired) electrons. The smallest absolute Gasteiger partial charge is 0.306 e. The van der Waals surface area contributed by atoms with Gasteiger partial charge in [0, 0.05) is 56.0 Å². The average Bonchev–Trinajstić information content (AvgIpc) is 2.94. The molecule has 8 nitrogen and oxygen atoms in total. The maximum atomic E-state index is 12.0. The summed E-state index contributed by atoms with van der Waals surface area (Å²) in [5.74, 6) is 5.20. The Balaban J connectivity index is 1.86. The predicted octanol–water partition coefficient (Wildman–Crippen LogP) is 4.14. The van der Waals surface area contributed by atoms with E-state index in [9.17, 15) is 9.90 Å². The first-order chi connectivity index (χ1) is 17.0. The molecular weight excluding hydrogens is 454 g/mol. The SMILES string of the molecule is CCN(N)/C=C(\N)CCC(c1ccc(C)c(CN2Cc3cnccc3OC(C)(C)C2)c1)C(C)C(=O)O. The lowest BCUT2D eigenvalue weighted by atomic mass is 9.82. The van der Waals surface area contributed by atoms with Gasteiger partial charge in [0.05, 0.1) is 5.92 Å². The molecule has 1 aromatic carbocycles. The van der Waals surface area contributed by atoms with Crippen molar-refractivity contribution < 1.29 is 14.6 Å². The Kier molecular flexibility index (Phi) is 8.98. The molecule has 0 fully saturated rings. The average molecular weight is 496 g/mol. The number of ether oxygens (including phenoxy) is 1. The Bertz CT molecular complexity index is 1080. The quantitative estimate of drug-likeness (QED) is 0.332. The van der Waals surface area contributed by atoms with Crippen LogP contribution in [0.3, 0.4) is 0 Å². The number of rotatable bonds is 10. The number of hydrogen-bond acceptors (Lipinski definition) is 7. The molecule has 0 bridgehead atoms. The highest BCUT2D eigenvalue weighted by Crippen LogP contribution is 2.33. The van der Waals surface area contributed by atoms with Gasteiger partial charge in [0.25, 0.3) is 0 Å². The number of nitrogens with two attached hydrogens (primary N) is 2. The van der Waals surface area contributed by atoms with Crippen LogP contribution in [-0.2, 0) is 17.9 Å². The Morgan fingerprint density at radius 3 is 2.81 bits per heavy atom. The van der Waals surface area contributed by atoms with E-state index in [-0.39, 0.29) is 11.5 Å². The Hall–Kier alpha value is -3.10. The lowest BCUT2D eigenvalue weighted by Crippen LogP contribution is -2.40. The van der Waals surface area contributed by atoms with Gasteiger partial charge in [-0.3, -0.25) is 14.7 Å². The minimum Gasteiger partial charge on any atom is -0.486 e. The summed E-state index contributed by atoms with van der Waals surface area (Å²) in [5.41, 5.74) is 10.9.